The van der Waals surface area contributed by atoms with E-state index in [0.29, 0.717) is 18.0 Å². The summed E-state index contributed by atoms with van der Waals surface area (Å²) in [5.41, 5.74) is 9.84. The van der Waals surface area contributed by atoms with Crippen molar-refractivity contribution < 1.29 is 14.6 Å². The van der Waals surface area contributed by atoms with Crippen molar-refractivity contribution in [3.05, 3.63) is 66.6 Å². The fourth-order valence-electron chi connectivity index (χ4n) is 4.35. The van der Waals surface area contributed by atoms with Crippen LogP contribution in [0.3, 0.4) is 0 Å². The fourth-order valence-corrected chi connectivity index (χ4v) is 4.35. The fraction of sp³-hybridized carbons (Fsp3) is 0.174. The number of benzene rings is 2. The van der Waals surface area contributed by atoms with Gasteiger partial charge in [-0.3, -0.25) is 0 Å². The molecule has 1 amide bonds. The minimum atomic E-state index is -1.04. The van der Waals surface area contributed by atoms with Crippen molar-refractivity contribution in [3.8, 4) is 22.6 Å². The van der Waals surface area contributed by atoms with Crippen LogP contribution >= 0.6 is 0 Å². The highest BCUT2D eigenvalue weighted by atomic mass is 16.5. The molecule has 4 aromatic rings. The molecule has 2 atom stereocenters. The zero-order chi connectivity index (χ0) is 21.5. The molecule has 0 radical (unpaired) electrons. The van der Waals surface area contributed by atoms with Gasteiger partial charge in [0.25, 0.3) is 0 Å². The molecule has 2 unspecified atom stereocenters. The summed E-state index contributed by atoms with van der Waals surface area (Å²) < 4.78 is 7.95. The molecule has 3 heterocycles. The lowest BCUT2D eigenvalue weighted by molar-refractivity contribution is 0.188. The number of nitrogen functional groups attached to an aromatic ring is 1. The van der Waals surface area contributed by atoms with Crippen LogP contribution in [0.5, 0.6) is 11.5 Å². The van der Waals surface area contributed by atoms with E-state index in [1.54, 1.807) is 0 Å². The number of fused-ring (bicyclic) bond motifs is 3. The Kier molecular flexibility index (Phi) is 4.47. The topological polar surface area (TPSA) is 115 Å². The summed E-state index contributed by atoms with van der Waals surface area (Å²) in [5, 5.41) is 12.6. The maximum absolute atomic E-state index is 11.3. The van der Waals surface area contributed by atoms with Gasteiger partial charge in [-0.1, -0.05) is 37.3 Å². The number of nitrogens with one attached hydrogen (secondary N) is 1. The molecule has 5 rings (SSSR count). The Balaban J connectivity index is 1.59. The monoisotopic (exact) mass is 415 g/mol. The van der Waals surface area contributed by atoms with E-state index in [1.165, 1.54) is 6.33 Å². The van der Waals surface area contributed by atoms with Gasteiger partial charge in [0.05, 0.1) is 11.4 Å². The lowest BCUT2D eigenvalue weighted by atomic mass is 9.93. The Morgan fingerprint density at radius 3 is 2.55 bits per heavy atom. The van der Waals surface area contributed by atoms with Crippen molar-refractivity contribution in [2.45, 2.75) is 25.4 Å². The van der Waals surface area contributed by atoms with E-state index in [0.717, 1.165) is 33.7 Å². The largest absolute Gasteiger partial charge is 0.465 e. The van der Waals surface area contributed by atoms with Gasteiger partial charge in [-0.2, -0.15) is 0 Å². The third-order valence-corrected chi connectivity index (χ3v) is 5.75. The number of carbonyl (C=O) groups is 1. The molecule has 31 heavy (non-hydrogen) atoms. The molecule has 0 fully saturated rings. The normalized spacial score (nSPS) is 17.5. The van der Waals surface area contributed by atoms with Crippen LogP contribution in [0.4, 0.5) is 10.6 Å². The number of amides is 1. The average molecular weight is 415 g/mol. The van der Waals surface area contributed by atoms with E-state index in [-0.39, 0.29) is 12.0 Å². The van der Waals surface area contributed by atoms with Gasteiger partial charge in [-0.25, -0.2) is 14.8 Å². The van der Waals surface area contributed by atoms with Gasteiger partial charge in [0.15, 0.2) is 0 Å². The third kappa shape index (κ3) is 3.22. The smallest absolute Gasteiger partial charge is 0.404 e. The lowest BCUT2D eigenvalue weighted by Gasteiger charge is -2.16. The summed E-state index contributed by atoms with van der Waals surface area (Å²) in [6.45, 7) is 2.50. The standard InChI is InChI=1S/C23H21N5O3/c1-13-17(27-23(29)30)11-28-20(13)18(19-21(24)25-12-26-22(19)28)14-7-9-16(10-8-14)31-15-5-3-2-4-6-15/h2-10,12-13,17,27H,11H2,1H3,(H,29,30)(H2,24,25,26). The molecule has 2 aromatic heterocycles. The van der Waals surface area contributed by atoms with Crippen LogP contribution < -0.4 is 15.8 Å². The van der Waals surface area contributed by atoms with Gasteiger partial charge in [0.2, 0.25) is 0 Å². The van der Waals surface area contributed by atoms with Gasteiger partial charge < -0.3 is 25.5 Å². The van der Waals surface area contributed by atoms with Crippen molar-refractivity contribution in [3.63, 3.8) is 0 Å². The Bertz CT molecular complexity index is 1270. The number of carboxylic acid groups (broad SMARTS) is 1. The molecule has 8 nitrogen and oxygen atoms in total. The minimum absolute atomic E-state index is 0.0556. The molecular formula is C23H21N5O3. The first-order chi connectivity index (χ1) is 15.0. The summed E-state index contributed by atoms with van der Waals surface area (Å²) in [7, 11) is 0. The Hall–Kier alpha value is -4.07. The molecular weight excluding hydrogens is 394 g/mol. The molecule has 1 aliphatic rings. The van der Waals surface area contributed by atoms with Crippen molar-refractivity contribution in [2.24, 2.45) is 0 Å². The van der Waals surface area contributed by atoms with Crippen LogP contribution in [-0.2, 0) is 6.54 Å². The highest BCUT2D eigenvalue weighted by Gasteiger charge is 2.36. The van der Waals surface area contributed by atoms with E-state index in [4.69, 9.17) is 10.5 Å². The molecule has 0 bridgehead atoms. The van der Waals surface area contributed by atoms with Crippen molar-refractivity contribution in [1.29, 1.82) is 0 Å². The Morgan fingerprint density at radius 2 is 1.84 bits per heavy atom. The predicted molar refractivity (Wildman–Crippen MR) is 117 cm³/mol. The average Bonchev–Trinajstić information content (AvgIpc) is 3.25. The maximum Gasteiger partial charge on any atom is 0.404 e. The summed E-state index contributed by atoms with van der Waals surface area (Å²) in [6, 6.07) is 17.1. The Morgan fingerprint density at radius 1 is 1.13 bits per heavy atom. The number of rotatable bonds is 4. The van der Waals surface area contributed by atoms with E-state index < -0.39 is 6.09 Å². The number of nitrogens with zero attached hydrogens (tertiary/aromatic N) is 3. The summed E-state index contributed by atoms with van der Waals surface area (Å²) >= 11 is 0. The quantitative estimate of drug-likeness (QED) is 0.459. The SMILES string of the molecule is CC1c2c(-c3ccc(Oc4ccccc4)cc3)c3c(N)ncnc3n2CC1NC(=O)O. The zero-order valence-electron chi connectivity index (χ0n) is 16.8. The van der Waals surface area contributed by atoms with Crippen LogP contribution in [0, 0.1) is 0 Å². The number of nitrogens with two attached hydrogens (primary N) is 1. The van der Waals surface area contributed by atoms with Crippen LogP contribution in [0.2, 0.25) is 0 Å². The zero-order valence-corrected chi connectivity index (χ0v) is 16.8. The maximum atomic E-state index is 11.3. The summed E-state index contributed by atoms with van der Waals surface area (Å²) in [5.74, 6) is 1.83. The highest BCUT2D eigenvalue weighted by molar-refractivity contribution is 6.03. The first-order valence-corrected chi connectivity index (χ1v) is 9.98. The number of ether oxygens (including phenoxy) is 1. The number of hydrogen-bond donors (Lipinski definition) is 3. The second kappa shape index (κ2) is 7.32. The summed E-state index contributed by atoms with van der Waals surface area (Å²) in [6.07, 6.45) is 0.402. The second-order valence-corrected chi connectivity index (χ2v) is 7.61. The van der Waals surface area contributed by atoms with Crippen molar-refractivity contribution >= 4 is 22.9 Å². The first kappa shape index (κ1) is 18.9. The van der Waals surface area contributed by atoms with E-state index >= 15 is 0 Å². The van der Waals surface area contributed by atoms with E-state index in [2.05, 4.69) is 15.3 Å². The van der Waals surface area contributed by atoms with Crippen LogP contribution in [0.25, 0.3) is 22.2 Å². The van der Waals surface area contributed by atoms with Gasteiger partial charge in [0.1, 0.15) is 29.3 Å². The van der Waals surface area contributed by atoms with Gasteiger partial charge in [-0.05, 0) is 29.8 Å². The third-order valence-electron chi connectivity index (χ3n) is 5.75. The van der Waals surface area contributed by atoms with Crippen molar-refractivity contribution in [1.82, 2.24) is 19.9 Å². The molecule has 1 aliphatic heterocycles. The van der Waals surface area contributed by atoms with Crippen LogP contribution in [0.1, 0.15) is 18.5 Å². The number of aromatic nitrogens is 3. The molecule has 8 heteroatoms. The Labute approximate surface area is 178 Å². The van der Waals surface area contributed by atoms with Crippen LogP contribution in [-0.4, -0.2) is 31.8 Å². The van der Waals surface area contributed by atoms with E-state index in [9.17, 15) is 9.90 Å². The summed E-state index contributed by atoms with van der Waals surface area (Å²) in [4.78, 5) is 19.9. The lowest BCUT2D eigenvalue weighted by Crippen LogP contribution is -2.36. The van der Waals surface area contributed by atoms with Crippen molar-refractivity contribution in [2.75, 3.05) is 5.73 Å². The molecule has 0 saturated carbocycles. The first-order valence-electron chi connectivity index (χ1n) is 9.98. The molecule has 156 valence electrons. The van der Waals surface area contributed by atoms with Crippen LogP contribution in [0.15, 0.2) is 60.9 Å². The predicted octanol–water partition coefficient (Wildman–Crippen LogP) is 4.23. The number of hydrogen-bond acceptors (Lipinski definition) is 5. The number of anilines is 1. The molecule has 0 saturated heterocycles. The molecule has 2 aromatic carbocycles. The molecule has 0 aliphatic carbocycles. The molecule has 0 spiro atoms. The van der Waals surface area contributed by atoms with Gasteiger partial charge in [-0.15, -0.1) is 0 Å². The van der Waals surface area contributed by atoms with Gasteiger partial charge >= 0.3 is 6.09 Å². The minimum Gasteiger partial charge on any atom is -0.465 e. The second-order valence-electron chi connectivity index (χ2n) is 7.61. The molecule has 4 N–H and O–H groups in total. The van der Waals surface area contributed by atoms with Gasteiger partial charge in [0, 0.05) is 23.7 Å². The highest BCUT2D eigenvalue weighted by Crippen LogP contribution is 2.44. The van der Waals surface area contributed by atoms with E-state index in [1.807, 2.05) is 66.1 Å². The number of para-hydroxylation sites is 1.